The SMILES string of the molecule is COc1cc(C(=O)N2C=C(C)C[C@H]2CO[Si](C)(C)C(C)(C)C)c(N)cc1OCCCCCOc1cc(N(CC2c3ccccc3-c3ccccc32)C(=O)O)c(C(=O)N2C=C(C)C[C@H]2CO[Si](C)(C)C(C)(C)C)cc1OC. The van der Waals surface area contributed by atoms with Gasteiger partial charge in [-0.3, -0.25) is 14.5 Å². The summed E-state index contributed by atoms with van der Waals surface area (Å²) >= 11 is 0. The summed E-state index contributed by atoms with van der Waals surface area (Å²) in [6.07, 6.45) is 5.93. The topological polar surface area (TPSA) is 163 Å². The first-order valence-corrected chi connectivity index (χ1v) is 32.5. The van der Waals surface area contributed by atoms with Crippen LogP contribution in [0.3, 0.4) is 0 Å². The normalized spacial score (nSPS) is 16.8. The molecule has 0 unspecified atom stereocenters. The molecule has 2 aliphatic heterocycles. The van der Waals surface area contributed by atoms with Gasteiger partial charge >= 0.3 is 6.09 Å². The zero-order valence-corrected chi connectivity index (χ0v) is 49.4. The van der Waals surface area contributed by atoms with E-state index in [1.165, 1.54) is 19.1 Å². The fourth-order valence-electron chi connectivity index (χ4n) is 9.69. The minimum atomic E-state index is -2.17. The Balaban J connectivity index is 1.06. The predicted octanol–water partition coefficient (Wildman–Crippen LogP) is 13.5. The van der Waals surface area contributed by atoms with Crippen molar-refractivity contribution in [2.24, 2.45) is 0 Å². The van der Waals surface area contributed by atoms with Crippen LogP contribution in [0.5, 0.6) is 23.0 Å². The van der Waals surface area contributed by atoms with Crippen LogP contribution in [0.25, 0.3) is 11.1 Å². The third kappa shape index (κ3) is 12.5. The maximum absolute atomic E-state index is 15.1. The van der Waals surface area contributed by atoms with E-state index < -0.39 is 22.7 Å². The van der Waals surface area contributed by atoms with Crippen molar-refractivity contribution in [1.29, 1.82) is 0 Å². The molecule has 0 saturated carbocycles. The number of amides is 3. The van der Waals surface area contributed by atoms with Gasteiger partial charge in [0.1, 0.15) is 0 Å². The number of anilines is 2. The third-order valence-corrected chi connectivity index (χ3v) is 25.2. The molecule has 2 atom stereocenters. The molecule has 0 aromatic heterocycles. The number of nitrogens with zero attached hydrogens (tertiary/aromatic N) is 3. The zero-order valence-electron chi connectivity index (χ0n) is 47.4. The van der Waals surface area contributed by atoms with Crippen LogP contribution in [0.2, 0.25) is 36.3 Å². The van der Waals surface area contributed by atoms with E-state index >= 15 is 4.79 Å². The van der Waals surface area contributed by atoms with Gasteiger partial charge in [-0.05, 0) is 117 Å². The maximum atomic E-state index is 15.1. The number of carboxylic acid groups (broad SMARTS) is 1. The predicted molar refractivity (Wildman–Crippen MR) is 307 cm³/mol. The van der Waals surface area contributed by atoms with Crippen LogP contribution in [-0.2, 0) is 8.85 Å². The highest BCUT2D eigenvalue weighted by molar-refractivity contribution is 6.74. The molecule has 410 valence electrons. The number of unbranched alkanes of at least 4 members (excludes halogenated alkanes) is 2. The van der Waals surface area contributed by atoms with Crippen LogP contribution in [0.1, 0.15) is 125 Å². The molecule has 0 bridgehead atoms. The van der Waals surface area contributed by atoms with Gasteiger partial charge in [0.2, 0.25) is 0 Å². The van der Waals surface area contributed by atoms with Gasteiger partial charge in [0, 0.05) is 42.7 Å². The highest BCUT2D eigenvalue weighted by Crippen LogP contribution is 2.47. The van der Waals surface area contributed by atoms with Crippen molar-refractivity contribution in [3.8, 4) is 34.1 Å². The average Bonchev–Trinajstić information content (AvgIpc) is 4.04. The lowest BCUT2D eigenvalue weighted by atomic mass is 9.95. The van der Waals surface area contributed by atoms with Gasteiger partial charge in [0.05, 0.1) is 69.5 Å². The summed E-state index contributed by atoms with van der Waals surface area (Å²) < 4.78 is 37.5. The summed E-state index contributed by atoms with van der Waals surface area (Å²) in [5.74, 6) is 0.605. The van der Waals surface area contributed by atoms with Crippen molar-refractivity contribution < 1.29 is 47.3 Å². The Bertz CT molecular complexity index is 2800. The van der Waals surface area contributed by atoms with Crippen molar-refractivity contribution in [3.05, 3.63) is 119 Å². The number of carbonyl (C=O) groups excluding carboxylic acids is 2. The van der Waals surface area contributed by atoms with E-state index in [2.05, 4.69) is 79.9 Å². The monoisotopic (exact) mass is 1070 g/mol. The molecule has 76 heavy (non-hydrogen) atoms. The van der Waals surface area contributed by atoms with Crippen LogP contribution in [0, 0.1) is 0 Å². The van der Waals surface area contributed by atoms with Gasteiger partial charge < -0.3 is 48.4 Å². The molecule has 14 nitrogen and oxygen atoms in total. The van der Waals surface area contributed by atoms with Crippen molar-refractivity contribution in [1.82, 2.24) is 9.80 Å². The van der Waals surface area contributed by atoms with E-state index in [0.29, 0.717) is 73.3 Å². The molecule has 0 saturated heterocycles. The van der Waals surface area contributed by atoms with Crippen molar-refractivity contribution in [2.75, 3.05) is 57.8 Å². The Morgan fingerprint density at radius 2 is 1.08 bits per heavy atom. The number of fused-ring (bicyclic) bond motifs is 3. The molecule has 0 spiro atoms. The summed E-state index contributed by atoms with van der Waals surface area (Å²) in [6, 6.07) is 22.3. The summed E-state index contributed by atoms with van der Waals surface area (Å²) in [7, 11) is -1.15. The molecule has 0 radical (unpaired) electrons. The van der Waals surface area contributed by atoms with Gasteiger partial charge in [0.25, 0.3) is 11.8 Å². The summed E-state index contributed by atoms with van der Waals surface area (Å²) in [4.78, 5) is 47.5. The molecule has 3 N–H and O–H groups in total. The van der Waals surface area contributed by atoms with E-state index in [1.807, 2.05) is 62.6 Å². The fraction of sp³-hybridized carbons (Fsp3) is 0.483. The molecule has 2 heterocycles. The van der Waals surface area contributed by atoms with Gasteiger partial charge in [-0.1, -0.05) is 101 Å². The lowest BCUT2D eigenvalue weighted by molar-refractivity contribution is 0.0731. The van der Waals surface area contributed by atoms with Crippen LogP contribution in [0.4, 0.5) is 16.2 Å². The van der Waals surface area contributed by atoms with E-state index in [1.54, 1.807) is 34.1 Å². The second kappa shape index (κ2) is 23.3. The third-order valence-electron chi connectivity index (χ3n) is 16.2. The zero-order chi connectivity index (χ0) is 55.5. The Morgan fingerprint density at radius 3 is 1.53 bits per heavy atom. The van der Waals surface area contributed by atoms with E-state index in [-0.39, 0.29) is 64.3 Å². The number of nitrogens with two attached hydrogens (primary N) is 1. The standard InChI is InChI=1S/C60H82N4O10Si2/c1-39-28-41(37-73-75(11,12)59(3,4)5)62(34-39)56(65)47-30-52(69-9)54(32-50(47)61)71-26-20-15-21-27-72-55-33-51(64(58(67)68)36-49-45-24-18-16-22-43(45)44-23-17-19-25-46(44)49)48(31-53(55)70-10)57(66)63-35-40(2)29-42(63)38-74-76(13,14)60(6,7)8/h16-19,22-25,30-35,41-42,49H,15,20-21,26-29,36-38,61H2,1-14H3,(H,67,68)/t41-,42-/m0/s1. The van der Waals surface area contributed by atoms with Gasteiger partial charge in [0.15, 0.2) is 39.6 Å². The van der Waals surface area contributed by atoms with Crippen LogP contribution < -0.4 is 29.6 Å². The second-order valence-electron chi connectivity index (χ2n) is 23.7. The fourth-order valence-corrected chi connectivity index (χ4v) is 11.8. The average molecular weight is 1080 g/mol. The summed E-state index contributed by atoms with van der Waals surface area (Å²) in [5.41, 5.74) is 13.9. The minimum Gasteiger partial charge on any atom is -0.493 e. The highest BCUT2D eigenvalue weighted by atomic mass is 28.4. The van der Waals surface area contributed by atoms with Crippen LogP contribution in [0.15, 0.2) is 96.3 Å². The van der Waals surface area contributed by atoms with E-state index in [4.69, 9.17) is 33.5 Å². The molecule has 3 aliphatic rings. The van der Waals surface area contributed by atoms with Crippen molar-refractivity contribution >= 4 is 45.9 Å². The van der Waals surface area contributed by atoms with Crippen LogP contribution in [-0.4, -0.2) is 109 Å². The molecule has 4 aromatic carbocycles. The Morgan fingerprint density at radius 1 is 0.645 bits per heavy atom. The maximum Gasteiger partial charge on any atom is 0.411 e. The van der Waals surface area contributed by atoms with Crippen LogP contribution >= 0.6 is 0 Å². The first kappa shape index (κ1) is 57.6. The number of ether oxygens (including phenoxy) is 4. The largest absolute Gasteiger partial charge is 0.493 e. The number of hydrogen-bond donors (Lipinski definition) is 2. The number of methoxy groups -OCH3 is 2. The number of carbonyl (C=O) groups is 3. The molecule has 4 aromatic rings. The second-order valence-corrected chi connectivity index (χ2v) is 33.3. The molecule has 3 amide bonds. The van der Waals surface area contributed by atoms with Crippen molar-refractivity contribution in [3.63, 3.8) is 0 Å². The molecule has 0 fully saturated rings. The highest BCUT2D eigenvalue weighted by Gasteiger charge is 2.42. The molecule has 7 rings (SSSR count). The number of rotatable bonds is 21. The minimum absolute atomic E-state index is 0.0239. The molecule has 16 heteroatoms. The van der Waals surface area contributed by atoms with E-state index in [9.17, 15) is 14.7 Å². The summed E-state index contributed by atoms with van der Waals surface area (Å²) in [5, 5.41) is 11.2. The number of nitrogen functional groups attached to an aromatic ring is 1. The number of benzene rings is 4. The molecular weight excluding hydrogens is 993 g/mol. The van der Waals surface area contributed by atoms with E-state index in [0.717, 1.165) is 46.2 Å². The Hall–Kier alpha value is -6.08. The lowest BCUT2D eigenvalue weighted by Crippen LogP contribution is -2.45. The first-order chi connectivity index (χ1) is 35.8. The summed E-state index contributed by atoms with van der Waals surface area (Å²) in [6.45, 7) is 27.5. The lowest BCUT2D eigenvalue weighted by Gasteiger charge is -2.38. The Labute approximate surface area is 453 Å². The van der Waals surface area contributed by atoms with Gasteiger partial charge in [-0.2, -0.15) is 0 Å². The first-order valence-electron chi connectivity index (χ1n) is 26.7. The Kier molecular flexibility index (Phi) is 17.6. The van der Waals surface area contributed by atoms with Gasteiger partial charge in [-0.15, -0.1) is 0 Å². The smallest absolute Gasteiger partial charge is 0.411 e. The van der Waals surface area contributed by atoms with Gasteiger partial charge in [-0.25, -0.2) is 4.79 Å². The quantitative estimate of drug-likeness (QED) is 0.0464. The molecule has 1 aliphatic carbocycles. The van der Waals surface area contributed by atoms with Crippen molar-refractivity contribution in [2.45, 2.75) is 142 Å². The number of hydrogen-bond acceptors (Lipinski definition) is 10. The molecular formula is C60H82N4O10Si2.